The van der Waals surface area contributed by atoms with E-state index in [4.69, 9.17) is 15.2 Å². The molecular weight excluding hydrogens is 645 g/mol. The van der Waals surface area contributed by atoms with Crippen LogP contribution in [0, 0.1) is 0 Å². The molecule has 0 fully saturated rings. The van der Waals surface area contributed by atoms with Crippen LogP contribution in [0.2, 0.25) is 0 Å². The van der Waals surface area contributed by atoms with Gasteiger partial charge in [-0.2, -0.15) is 0 Å². The second-order valence-corrected chi connectivity index (χ2v) is 13.3. The monoisotopic (exact) mass is 676 g/mol. The van der Waals surface area contributed by atoms with Gasteiger partial charge in [-0.05, 0) is 63.4 Å². The van der Waals surface area contributed by atoms with Crippen LogP contribution in [0.25, 0.3) is 94.5 Å². The number of rotatable bonds is 6. The standard InChI is InChI=1S/C49H32N4/c1-3-15-35(16-4-1)46-43-21-9-10-22-44(43)47(52-51-46)40-31-38(30-39(32-40)42-23-13-19-34-14-7-8-20-41(34)42)33-25-27-36(28-26-33)48-49(37-17-5-2-6-18-37)53-29-12-11-24-45(53)50-48/h1-32H. The topological polar surface area (TPSA) is 43.1 Å². The summed E-state index contributed by atoms with van der Waals surface area (Å²) in [7, 11) is 0. The summed E-state index contributed by atoms with van der Waals surface area (Å²) in [5, 5.41) is 14.3. The fourth-order valence-electron chi connectivity index (χ4n) is 7.58. The first-order valence-corrected chi connectivity index (χ1v) is 17.9. The molecule has 10 rings (SSSR count). The summed E-state index contributed by atoms with van der Waals surface area (Å²) in [6.45, 7) is 0. The molecule has 53 heavy (non-hydrogen) atoms. The minimum Gasteiger partial charge on any atom is -0.299 e. The highest BCUT2D eigenvalue weighted by Gasteiger charge is 2.18. The third-order valence-corrected chi connectivity index (χ3v) is 10.1. The Balaban J connectivity index is 1.15. The summed E-state index contributed by atoms with van der Waals surface area (Å²) in [6.07, 6.45) is 2.09. The van der Waals surface area contributed by atoms with E-state index in [-0.39, 0.29) is 0 Å². The second-order valence-electron chi connectivity index (χ2n) is 13.3. The van der Waals surface area contributed by atoms with Crippen LogP contribution in [0.4, 0.5) is 0 Å². The van der Waals surface area contributed by atoms with Crippen molar-refractivity contribution in [2.24, 2.45) is 0 Å². The lowest BCUT2D eigenvalue weighted by Crippen LogP contribution is -1.96. The fraction of sp³-hybridized carbons (Fsp3) is 0. The molecule has 3 heterocycles. The van der Waals surface area contributed by atoms with Gasteiger partial charge in [0.15, 0.2) is 0 Å². The maximum Gasteiger partial charge on any atom is 0.137 e. The van der Waals surface area contributed by atoms with Gasteiger partial charge in [-0.3, -0.25) is 4.40 Å². The van der Waals surface area contributed by atoms with Crippen LogP contribution in [-0.2, 0) is 0 Å². The Morgan fingerprint density at radius 2 is 0.887 bits per heavy atom. The van der Waals surface area contributed by atoms with Crippen molar-refractivity contribution in [2.45, 2.75) is 0 Å². The zero-order chi connectivity index (χ0) is 35.1. The van der Waals surface area contributed by atoms with Crippen LogP contribution < -0.4 is 0 Å². The molecule has 0 saturated heterocycles. The zero-order valence-corrected chi connectivity index (χ0v) is 28.8. The van der Waals surface area contributed by atoms with Crippen LogP contribution >= 0.6 is 0 Å². The molecule has 0 saturated carbocycles. The van der Waals surface area contributed by atoms with E-state index in [0.29, 0.717) is 0 Å². The maximum atomic E-state index is 5.10. The molecule has 0 aliphatic heterocycles. The van der Waals surface area contributed by atoms with Crippen molar-refractivity contribution in [3.05, 3.63) is 194 Å². The van der Waals surface area contributed by atoms with E-state index in [9.17, 15) is 0 Å². The smallest absolute Gasteiger partial charge is 0.137 e. The number of aromatic nitrogens is 4. The van der Waals surface area contributed by atoms with Crippen LogP contribution in [0.3, 0.4) is 0 Å². The highest BCUT2D eigenvalue weighted by molar-refractivity contribution is 6.03. The number of hydrogen-bond donors (Lipinski definition) is 0. The Kier molecular flexibility index (Phi) is 7.43. The lowest BCUT2D eigenvalue weighted by molar-refractivity contribution is 1.06. The molecule has 248 valence electrons. The van der Waals surface area contributed by atoms with E-state index in [1.165, 1.54) is 16.3 Å². The third kappa shape index (κ3) is 5.45. The van der Waals surface area contributed by atoms with Crippen molar-refractivity contribution in [1.82, 2.24) is 19.6 Å². The van der Waals surface area contributed by atoms with Crippen molar-refractivity contribution in [2.75, 3.05) is 0 Å². The van der Waals surface area contributed by atoms with Crippen molar-refractivity contribution in [1.29, 1.82) is 0 Å². The van der Waals surface area contributed by atoms with Crippen molar-refractivity contribution < 1.29 is 0 Å². The molecule has 0 aliphatic carbocycles. The van der Waals surface area contributed by atoms with Crippen molar-refractivity contribution in [3.8, 4) is 67.3 Å². The SMILES string of the molecule is c1ccc(-c2nnc(-c3cc(-c4ccc(-c5nc6ccccn6c5-c5ccccc5)cc4)cc(-c4cccc5ccccc45)c3)c3ccccc23)cc1. The van der Waals surface area contributed by atoms with Gasteiger partial charge in [-0.1, -0.05) is 158 Å². The predicted molar refractivity (Wildman–Crippen MR) is 218 cm³/mol. The van der Waals surface area contributed by atoms with E-state index in [0.717, 1.165) is 78.1 Å². The van der Waals surface area contributed by atoms with E-state index in [1.807, 2.05) is 30.3 Å². The molecule has 0 unspecified atom stereocenters. The van der Waals surface area contributed by atoms with Crippen LogP contribution in [0.1, 0.15) is 0 Å². The van der Waals surface area contributed by atoms with E-state index in [1.54, 1.807) is 0 Å². The molecule has 0 radical (unpaired) electrons. The summed E-state index contributed by atoms with van der Waals surface area (Å²) in [4.78, 5) is 5.10. The molecular formula is C49H32N4. The molecule has 0 N–H and O–H groups in total. The number of imidazole rings is 1. The van der Waals surface area contributed by atoms with Gasteiger partial charge < -0.3 is 0 Å². The van der Waals surface area contributed by atoms with Crippen LogP contribution in [0.5, 0.6) is 0 Å². The predicted octanol–water partition coefficient (Wildman–Crippen LogP) is 12.4. The van der Waals surface area contributed by atoms with Crippen LogP contribution in [0.15, 0.2) is 194 Å². The number of nitrogens with zero attached hydrogens (tertiary/aromatic N) is 4. The first-order valence-electron chi connectivity index (χ1n) is 17.9. The van der Waals surface area contributed by atoms with Gasteiger partial charge in [0.1, 0.15) is 17.0 Å². The zero-order valence-electron chi connectivity index (χ0n) is 28.8. The Bertz CT molecular complexity index is 2920. The first-order chi connectivity index (χ1) is 26.3. The molecule has 0 bridgehead atoms. The molecule has 3 aromatic heterocycles. The minimum atomic E-state index is 0.859. The number of benzene rings is 7. The summed E-state index contributed by atoms with van der Waals surface area (Å²) >= 11 is 0. The number of hydrogen-bond acceptors (Lipinski definition) is 3. The van der Waals surface area contributed by atoms with Gasteiger partial charge in [0, 0.05) is 39.2 Å². The second kappa shape index (κ2) is 12.9. The Labute approximate surface area is 307 Å². The van der Waals surface area contributed by atoms with E-state index < -0.39 is 0 Å². The average molecular weight is 677 g/mol. The summed E-state index contributed by atoms with van der Waals surface area (Å²) in [5.74, 6) is 0. The molecule has 0 aliphatic rings. The van der Waals surface area contributed by atoms with E-state index in [2.05, 4.69) is 168 Å². The number of fused-ring (bicyclic) bond motifs is 3. The Morgan fingerprint density at radius 1 is 0.340 bits per heavy atom. The molecule has 4 nitrogen and oxygen atoms in total. The Morgan fingerprint density at radius 3 is 1.64 bits per heavy atom. The molecule has 0 atom stereocenters. The minimum absolute atomic E-state index is 0.859. The lowest BCUT2D eigenvalue weighted by atomic mass is 9.91. The highest BCUT2D eigenvalue weighted by Crippen LogP contribution is 2.40. The molecule has 0 amide bonds. The summed E-state index contributed by atoms with van der Waals surface area (Å²) in [6, 6.07) is 66.1. The van der Waals surface area contributed by atoms with Gasteiger partial charge in [-0.25, -0.2) is 4.98 Å². The lowest BCUT2D eigenvalue weighted by Gasteiger charge is -2.15. The van der Waals surface area contributed by atoms with Gasteiger partial charge in [0.2, 0.25) is 0 Å². The molecule has 0 spiro atoms. The first kappa shape index (κ1) is 30.6. The fourth-order valence-corrected chi connectivity index (χ4v) is 7.58. The van der Waals surface area contributed by atoms with E-state index >= 15 is 0 Å². The van der Waals surface area contributed by atoms with Gasteiger partial charge in [-0.15, -0.1) is 10.2 Å². The molecule has 7 aromatic carbocycles. The van der Waals surface area contributed by atoms with Crippen molar-refractivity contribution >= 4 is 27.2 Å². The largest absolute Gasteiger partial charge is 0.299 e. The number of pyridine rings is 1. The third-order valence-electron chi connectivity index (χ3n) is 10.1. The molecule has 10 aromatic rings. The van der Waals surface area contributed by atoms with Gasteiger partial charge >= 0.3 is 0 Å². The maximum absolute atomic E-state index is 5.10. The van der Waals surface area contributed by atoms with Gasteiger partial charge in [0.05, 0.1) is 11.4 Å². The van der Waals surface area contributed by atoms with Gasteiger partial charge in [0.25, 0.3) is 0 Å². The summed E-state index contributed by atoms with van der Waals surface area (Å²) in [5.41, 5.74) is 13.5. The summed E-state index contributed by atoms with van der Waals surface area (Å²) < 4.78 is 2.17. The van der Waals surface area contributed by atoms with Crippen molar-refractivity contribution in [3.63, 3.8) is 0 Å². The average Bonchev–Trinajstić information content (AvgIpc) is 3.63. The molecule has 4 heteroatoms. The Hall–Kier alpha value is -7.17. The quantitative estimate of drug-likeness (QED) is 0.176. The van der Waals surface area contributed by atoms with Crippen LogP contribution in [-0.4, -0.2) is 19.6 Å². The highest BCUT2D eigenvalue weighted by atomic mass is 15.1. The normalized spacial score (nSPS) is 11.4.